The van der Waals surface area contributed by atoms with Crippen LogP contribution in [0.4, 0.5) is 11.8 Å². The number of rotatable bonds is 14. The molecule has 3 aromatic rings. The summed E-state index contributed by atoms with van der Waals surface area (Å²) in [5.41, 5.74) is 1.35. The Labute approximate surface area is 216 Å². The summed E-state index contributed by atoms with van der Waals surface area (Å²) in [5, 5.41) is 16.2. The quantitative estimate of drug-likeness (QED) is 0.270. The van der Waals surface area contributed by atoms with E-state index in [1.54, 1.807) is 27.2 Å². The number of Topliss-reactive ketones (excluding diaryl/α,β-unsaturated/α-hetero) is 1. The minimum absolute atomic E-state index is 0.0326. The summed E-state index contributed by atoms with van der Waals surface area (Å²) in [4.78, 5) is 36.9. The predicted octanol–water partition coefficient (Wildman–Crippen LogP) is 5.08. The standard InChI is InChI=1S/C27H35N5O5/c1-6-7-11-27(3,12-10-17(2)33)32-24-23-21(13-19(16-28-23)25(34)35)30-26(31-24)29-15-18-8-9-20(36-4)14-22(18)37-5/h8-9,13-14,16H,6-7,10-12,15H2,1-5H3,(H,34,35)(H2,29,30,31,32)/t27-/m1/s1. The Bertz CT molecular complexity index is 1270. The van der Waals surface area contributed by atoms with Gasteiger partial charge in [0.25, 0.3) is 0 Å². The molecule has 0 bridgehead atoms. The Kier molecular flexibility index (Phi) is 9.21. The summed E-state index contributed by atoms with van der Waals surface area (Å²) in [6.45, 7) is 6.14. The number of benzene rings is 1. The number of carbonyl (C=O) groups excluding carboxylic acids is 1. The van der Waals surface area contributed by atoms with Crippen LogP contribution in [0.3, 0.4) is 0 Å². The van der Waals surface area contributed by atoms with Gasteiger partial charge < -0.3 is 30.0 Å². The largest absolute Gasteiger partial charge is 0.497 e. The predicted molar refractivity (Wildman–Crippen MR) is 143 cm³/mol. The normalized spacial score (nSPS) is 12.6. The first-order valence-corrected chi connectivity index (χ1v) is 12.3. The number of carboxylic acids is 1. The van der Waals surface area contributed by atoms with Crippen molar-refractivity contribution in [2.45, 2.75) is 65.0 Å². The molecule has 0 spiro atoms. The lowest BCUT2D eigenvalue weighted by atomic mass is 9.89. The van der Waals surface area contributed by atoms with Crippen molar-refractivity contribution >= 4 is 34.6 Å². The average molecular weight is 510 g/mol. The van der Waals surface area contributed by atoms with E-state index >= 15 is 0 Å². The maximum atomic E-state index is 11.7. The molecule has 0 fully saturated rings. The highest BCUT2D eigenvalue weighted by Gasteiger charge is 2.26. The number of methoxy groups -OCH3 is 2. The monoisotopic (exact) mass is 509 g/mol. The smallest absolute Gasteiger partial charge is 0.337 e. The number of unbranched alkanes of at least 4 members (excludes halogenated alkanes) is 1. The van der Waals surface area contributed by atoms with Crippen molar-refractivity contribution in [3.63, 3.8) is 0 Å². The van der Waals surface area contributed by atoms with Gasteiger partial charge in [0.1, 0.15) is 22.8 Å². The molecule has 0 saturated heterocycles. The number of anilines is 2. The second-order valence-electron chi connectivity index (χ2n) is 9.32. The lowest BCUT2D eigenvalue weighted by molar-refractivity contribution is -0.117. The van der Waals surface area contributed by atoms with E-state index in [-0.39, 0.29) is 11.3 Å². The van der Waals surface area contributed by atoms with Crippen molar-refractivity contribution in [2.75, 3.05) is 24.9 Å². The van der Waals surface area contributed by atoms with E-state index in [9.17, 15) is 14.7 Å². The third-order valence-corrected chi connectivity index (χ3v) is 6.25. The molecule has 198 valence electrons. The van der Waals surface area contributed by atoms with Gasteiger partial charge in [-0.15, -0.1) is 0 Å². The van der Waals surface area contributed by atoms with E-state index in [0.29, 0.717) is 53.7 Å². The number of nitrogens with one attached hydrogen (secondary N) is 2. The van der Waals surface area contributed by atoms with Gasteiger partial charge >= 0.3 is 5.97 Å². The number of ether oxygens (including phenoxy) is 2. The highest BCUT2D eigenvalue weighted by atomic mass is 16.5. The third kappa shape index (κ3) is 7.28. The van der Waals surface area contributed by atoms with E-state index in [2.05, 4.69) is 34.4 Å². The molecule has 0 aliphatic carbocycles. The number of hydrogen-bond acceptors (Lipinski definition) is 9. The summed E-state index contributed by atoms with van der Waals surface area (Å²) in [5.74, 6) is 1.15. The highest BCUT2D eigenvalue weighted by Crippen LogP contribution is 2.30. The molecule has 2 heterocycles. The van der Waals surface area contributed by atoms with Crippen LogP contribution in [0.25, 0.3) is 11.0 Å². The minimum Gasteiger partial charge on any atom is -0.497 e. The Morgan fingerprint density at radius 3 is 2.54 bits per heavy atom. The van der Waals surface area contributed by atoms with Crippen LogP contribution in [0.15, 0.2) is 30.5 Å². The topological polar surface area (TPSA) is 136 Å². The van der Waals surface area contributed by atoms with E-state index in [4.69, 9.17) is 14.5 Å². The molecule has 1 aromatic carbocycles. The number of aromatic nitrogens is 3. The van der Waals surface area contributed by atoms with Gasteiger partial charge in [0.15, 0.2) is 5.82 Å². The van der Waals surface area contributed by atoms with E-state index in [1.165, 1.54) is 12.3 Å². The first-order valence-electron chi connectivity index (χ1n) is 12.3. The van der Waals surface area contributed by atoms with Crippen molar-refractivity contribution in [3.8, 4) is 11.5 Å². The van der Waals surface area contributed by atoms with Gasteiger partial charge in [-0.05, 0) is 44.9 Å². The molecule has 3 rings (SSSR count). The Morgan fingerprint density at radius 1 is 1.11 bits per heavy atom. The molecule has 3 N–H and O–H groups in total. The Morgan fingerprint density at radius 2 is 1.89 bits per heavy atom. The molecule has 0 radical (unpaired) electrons. The number of fused-ring (bicyclic) bond motifs is 1. The van der Waals surface area contributed by atoms with E-state index in [0.717, 1.165) is 24.8 Å². The van der Waals surface area contributed by atoms with Gasteiger partial charge in [-0.3, -0.25) is 0 Å². The van der Waals surface area contributed by atoms with Crippen LogP contribution in [0, 0.1) is 0 Å². The van der Waals surface area contributed by atoms with E-state index in [1.807, 2.05) is 12.1 Å². The van der Waals surface area contributed by atoms with Gasteiger partial charge in [-0.2, -0.15) is 4.98 Å². The second kappa shape index (κ2) is 12.3. The Balaban J connectivity index is 2.00. The average Bonchev–Trinajstić information content (AvgIpc) is 2.89. The number of hydrogen-bond donors (Lipinski definition) is 3. The number of carboxylic acid groups (broad SMARTS) is 1. The number of pyridine rings is 1. The maximum absolute atomic E-state index is 11.7. The summed E-state index contributed by atoms with van der Waals surface area (Å²) < 4.78 is 10.8. The molecule has 0 saturated carbocycles. The number of ketones is 1. The van der Waals surface area contributed by atoms with Crippen LogP contribution in [0.2, 0.25) is 0 Å². The number of aromatic carboxylic acids is 1. The summed E-state index contributed by atoms with van der Waals surface area (Å²) in [6.07, 6.45) is 5.19. The van der Waals surface area contributed by atoms with Gasteiger partial charge in [-0.1, -0.05) is 19.8 Å². The van der Waals surface area contributed by atoms with Gasteiger partial charge in [0.2, 0.25) is 5.95 Å². The van der Waals surface area contributed by atoms with Gasteiger partial charge in [-0.25, -0.2) is 14.8 Å². The number of carbonyl (C=O) groups is 2. The molecule has 1 atom stereocenters. The first kappa shape index (κ1) is 27.6. The first-order chi connectivity index (χ1) is 17.7. The van der Waals surface area contributed by atoms with Crippen molar-refractivity contribution in [1.82, 2.24) is 15.0 Å². The SMILES string of the molecule is CCCC[C@](C)(CCC(C)=O)Nc1nc(NCc2ccc(OC)cc2OC)nc2cc(C(=O)O)cnc12. The summed E-state index contributed by atoms with van der Waals surface area (Å²) in [6, 6.07) is 7.00. The zero-order valence-electron chi connectivity index (χ0n) is 22.1. The highest BCUT2D eigenvalue weighted by molar-refractivity contribution is 5.94. The molecule has 10 nitrogen and oxygen atoms in total. The molecule has 2 aromatic heterocycles. The van der Waals surface area contributed by atoms with Crippen LogP contribution in [-0.4, -0.2) is 51.6 Å². The molecular formula is C27H35N5O5. The van der Waals surface area contributed by atoms with Crippen LogP contribution in [0.1, 0.15) is 68.8 Å². The van der Waals surface area contributed by atoms with Crippen LogP contribution < -0.4 is 20.1 Å². The fourth-order valence-corrected chi connectivity index (χ4v) is 4.03. The molecule has 0 aliphatic rings. The van der Waals surface area contributed by atoms with Crippen molar-refractivity contribution in [3.05, 3.63) is 41.6 Å². The van der Waals surface area contributed by atoms with E-state index < -0.39 is 11.5 Å². The molecule has 0 unspecified atom stereocenters. The fourth-order valence-electron chi connectivity index (χ4n) is 4.03. The Hall–Kier alpha value is -3.95. The lowest BCUT2D eigenvalue weighted by Crippen LogP contribution is -2.36. The molecule has 37 heavy (non-hydrogen) atoms. The second-order valence-corrected chi connectivity index (χ2v) is 9.32. The third-order valence-electron chi connectivity index (χ3n) is 6.25. The van der Waals surface area contributed by atoms with Gasteiger partial charge in [0, 0.05) is 36.3 Å². The van der Waals surface area contributed by atoms with Crippen molar-refractivity contribution < 1.29 is 24.2 Å². The number of nitrogens with zero attached hydrogens (tertiary/aromatic N) is 3. The zero-order chi connectivity index (χ0) is 27.0. The molecule has 10 heteroatoms. The lowest BCUT2D eigenvalue weighted by Gasteiger charge is -2.32. The molecule has 0 aliphatic heterocycles. The summed E-state index contributed by atoms with van der Waals surface area (Å²) >= 11 is 0. The maximum Gasteiger partial charge on any atom is 0.337 e. The fraction of sp³-hybridized carbons (Fsp3) is 0.444. The van der Waals surface area contributed by atoms with Crippen LogP contribution in [0.5, 0.6) is 11.5 Å². The molecular weight excluding hydrogens is 474 g/mol. The van der Waals surface area contributed by atoms with Crippen LogP contribution in [-0.2, 0) is 11.3 Å². The summed E-state index contributed by atoms with van der Waals surface area (Å²) in [7, 11) is 3.18. The minimum atomic E-state index is -1.09. The zero-order valence-corrected chi connectivity index (χ0v) is 22.1. The van der Waals surface area contributed by atoms with Gasteiger partial charge in [0.05, 0.1) is 25.3 Å². The molecule has 0 amide bonds. The van der Waals surface area contributed by atoms with Crippen LogP contribution >= 0.6 is 0 Å². The van der Waals surface area contributed by atoms with Crippen molar-refractivity contribution in [2.24, 2.45) is 0 Å². The van der Waals surface area contributed by atoms with Crippen molar-refractivity contribution in [1.29, 1.82) is 0 Å².